The zero-order valence-electron chi connectivity index (χ0n) is 11.0. The lowest BCUT2D eigenvalue weighted by Gasteiger charge is -2.17. The van der Waals surface area contributed by atoms with Crippen molar-refractivity contribution in [3.63, 3.8) is 0 Å². The Hall–Kier alpha value is -1.59. The lowest BCUT2D eigenvalue weighted by Crippen LogP contribution is -2.21. The van der Waals surface area contributed by atoms with Gasteiger partial charge < -0.3 is 19.9 Å². The van der Waals surface area contributed by atoms with Crippen LogP contribution in [0.5, 0.6) is 5.75 Å². The lowest BCUT2D eigenvalue weighted by atomic mass is 9.95. The second kappa shape index (κ2) is 6.54. The van der Waals surface area contributed by atoms with Gasteiger partial charge in [-0.25, -0.2) is 0 Å². The van der Waals surface area contributed by atoms with Crippen LogP contribution in [0.25, 0.3) is 0 Å². The van der Waals surface area contributed by atoms with E-state index in [0.29, 0.717) is 19.6 Å². The molecule has 1 aliphatic rings. The van der Waals surface area contributed by atoms with Crippen molar-refractivity contribution in [3.8, 4) is 5.75 Å². The van der Waals surface area contributed by atoms with Crippen LogP contribution in [0.2, 0.25) is 0 Å². The van der Waals surface area contributed by atoms with Crippen LogP contribution in [0.1, 0.15) is 18.0 Å². The second-order valence-corrected chi connectivity index (χ2v) is 4.60. The molecule has 0 spiro atoms. The summed E-state index contributed by atoms with van der Waals surface area (Å²) in [6.07, 6.45) is 0.382. The zero-order valence-corrected chi connectivity index (χ0v) is 11.0. The maximum absolute atomic E-state index is 11.4. The standard InChI is InChI=1S/C14H19NO4/c1-18-6-7-19-12-4-2-10(3-5-12)14-11(9-16)8-13(17)15-14/h2-5,11,14,16H,6-9H2,1H3,(H,15,17)/t11-,14-/m1/s1. The summed E-state index contributed by atoms with van der Waals surface area (Å²) in [4.78, 5) is 11.4. The molecule has 1 heterocycles. The van der Waals surface area contributed by atoms with Gasteiger partial charge in [0.1, 0.15) is 12.4 Å². The molecule has 0 saturated carbocycles. The molecular formula is C14H19NO4. The lowest BCUT2D eigenvalue weighted by molar-refractivity contribution is -0.119. The number of carbonyl (C=O) groups excluding carboxylic acids is 1. The molecule has 0 bridgehead atoms. The first-order valence-corrected chi connectivity index (χ1v) is 6.36. The van der Waals surface area contributed by atoms with Gasteiger partial charge in [-0.2, -0.15) is 0 Å². The Bertz CT molecular complexity index is 418. The summed E-state index contributed by atoms with van der Waals surface area (Å²) in [6.45, 7) is 1.07. The first kappa shape index (κ1) is 13.8. The van der Waals surface area contributed by atoms with Crippen LogP contribution in [0.3, 0.4) is 0 Å². The number of benzene rings is 1. The molecule has 5 nitrogen and oxygen atoms in total. The number of methoxy groups -OCH3 is 1. The Morgan fingerprint density at radius 2 is 2.05 bits per heavy atom. The minimum absolute atomic E-state index is 0.00942. The van der Waals surface area contributed by atoms with Crippen LogP contribution < -0.4 is 10.1 Å². The molecule has 1 aliphatic heterocycles. The molecule has 1 saturated heterocycles. The molecule has 0 radical (unpaired) electrons. The fourth-order valence-corrected chi connectivity index (χ4v) is 2.25. The highest BCUT2D eigenvalue weighted by Crippen LogP contribution is 2.30. The Morgan fingerprint density at radius 1 is 1.32 bits per heavy atom. The molecule has 0 aromatic heterocycles. The number of aliphatic hydroxyl groups excluding tert-OH is 1. The van der Waals surface area contributed by atoms with Gasteiger partial charge in [-0.15, -0.1) is 0 Å². The Labute approximate surface area is 112 Å². The summed E-state index contributed by atoms with van der Waals surface area (Å²) in [5.41, 5.74) is 0.990. The van der Waals surface area contributed by atoms with E-state index in [4.69, 9.17) is 9.47 Å². The van der Waals surface area contributed by atoms with Gasteiger partial charge >= 0.3 is 0 Å². The summed E-state index contributed by atoms with van der Waals surface area (Å²) in [5, 5.41) is 12.2. The molecule has 2 rings (SSSR count). The van der Waals surface area contributed by atoms with Crippen molar-refractivity contribution >= 4 is 5.91 Å². The predicted octanol–water partition coefficient (Wildman–Crippen LogP) is 0.881. The first-order valence-electron chi connectivity index (χ1n) is 6.36. The molecule has 0 unspecified atom stereocenters. The van der Waals surface area contributed by atoms with E-state index < -0.39 is 0 Å². The molecule has 1 fully saturated rings. The maximum Gasteiger partial charge on any atom is 0.220 e. The monoisotopic (exact) mass is 265 g/mol. The molecule has 1 amide bonds. The van der Waals surface area contributed by atoms with E-state index in [1.165, 1.54) is 0 Å². The fourth-order valence-electron chi connectivity index (χ4n) is 2.25. The molecular weight excluding hydrogens is 246 g/mol. The number of amides is 1. The van der Waals surface area contributed by atoms with E-state index >= 15 is 0 Å². The molecule has 5 heteroatoms. The zero-order chi connectivity index (χ0) is 13.7. The smallest absolute Gasteiger partial charge is 0.220 e. The van der Waals surface area contributed by atoms with Crippen LogP contribution in [0.15, 0.2) is 24.3 Å². The van der Waals surface area contributed by atoms with Gasteiger partial charge in [-0.1, -0.05) is 12.1 Å². The predicted molar refractivity (Wildman–Crippen MR) is 69.9 cm³/mol. The molecule has 2 atom stereocenters. The van der Waals surface area contributed by atoms with E-state index in [1.54, 1.807) is 7.11 Å². The third-order valence-corrected chi connectivity index (χ3v) is 3.27. The Morgan fingerprint density at radius 3 is 2.68 bits per heavy atom. The first-order chi connectivity index (χ1) is 9.24. The average Bonchev–Trinajstić information content (AvgIpc) is 2.81. The van der Waals surface area contributed by atoms with Crippen molar-refractivity contribution in [3.05, 3.63) is 29.8 Å². The quantitative estimate of drug-likeness (QED) is 0.749. The third kappa shape index (κ3) is 3.45. The summed E-state index contributed by atoms with van der Waals surface area (Å²) in [7, 11) is 1.63. The summed E-state index contributed by atoms with van der Waals surface area (Å²) >= 11 is 0. The highest BCUT2D eigenvalue weighted by atomic mass is 16.5. The van der Waals surface area contributed by atoms with Gasteiger partial charge in [0.05, 0.1) is 12.6 Å². The van der Waals surface area contributed by atoms with E-state index in [9.17, 15) is 9.90 Å². The van der Waals surface area contributed by atoms with Crippen molar-refractivity contribution in [2.75, 3.05) is 26.9 Å². The summed E-state index contributed by atoms with van der Waals surface area (Å²) in [6, 6.07) is 7.46. The van der Waals surface area contributed by atoms with E-state index in [2.05, 4.69) is 5.32 Å². The molecule has 104 valence electrons. The van der Waals surface area contributed by atoms with Gasteiger partial charge in [0.15, 0.2) is 0 Å². The van der Waals surface area contributed by atoms with Crippen LogP contribution >= 0.6 is 0 Å². The molecule has 0 aliphatic carbocycles. The number of aliphatic hydroxyl groups is 1. The maximum atomic E-state index is 11.4. The van der Waals surface area contributed by atoms with E-state index in [-0.39, 0.29) is 24.5 Å². The van der Waals surface area contributed by atoms with Crippen molar-refractivity contribution in [1.82, 2.24) is 5.32 Å². The minimum atomic E-state index is -0.106. The Balaban J connectivity index is 1.99. The van der Waals surface area contributed by atoms with Crippen LogP contribution in [0.4, 0.5) is 0 Å². The minimum Gasteiger partial charge on any atom is -0.491 e. The second-order valence-electron chi connectivity index (χ2n) is 4.60. The number of carbonyl (C=O) groups is 1. The average molecular weight is 265 g/mol. The SMILES string of the molecule is COCCOc1ccc([C@H]2NC(=O)C[C@@H]2CO)cc1. The summed E-state index contributed by atoms with van der Waals surface area (Å²) < 4.78 is 10.4. The summed E-state index contributed by atoms with van der Waals surface area (Å²) in [5.74, 6) is 0.711. The van der Waals surface area contributed by atoms with Gasteiger partial charge in [0, 0.05) is 26.1 Å². The molecule has 1 aromatic rings. The van der Waals surface area contributed by atoms with Gasteiger partial charge in [-0.05, 0) is 17.7 Å². The number of hydrogen-bond acceptors (Lipinski definition) is 4. The van der Waals surface area contributed by atoms with Crippen LogP contribution in [0, 0.1) is 5.92 Å². The van der Waals surface area contributed by atoms with E-state index in [0.717, 1.165) is 11.3 Å². The van der Waals surface area contributed by atoms with Crippen molar-refractivity contribution in [2.24, 2.45) is 5.92 Å². The topological polar surface area (TPSA) is 67.8 Å². The molecule has 19 heavy (non-hydrogen) atoms. The number of hydrogen-bond donors (Lipinski definition) is 2. The van der Waals surface area contributed by atoms with Crippen molar-refractivity contribution in [2.45, 2.75) is 12.5 Å². The van der Waals surface area contributed by atoms with Crippen LogP contribution in [-0.2, 0) is 9.53 Å². The van der Waals surface area contributed by atoms with Crippen LogP contribution in [-0.4, -0.2) is 37.9 Å². The third-order valence-electron chi connectivity index (χ3n) is 3.27. The molecule has 1 aromatic carbocycles. The van der Waals surface area contributed by atoms with Gasteiger partial charge in [0.25, 0.3) is 0 Å². The fraction of sp³-hybridized carbons (Fsp3) is 0.500. The normalized spacial score (nSPS) is 22.3. The highest BCUT2D eigenvalue weighted by Gasteiger charge is 2.32. The van der Waals surface area contributed by atoms with Gasteiger partial charge in [-0.3, -0.25) is 4.79 Å². The largest absolute Gasteiger partial charge is 0.491 e. The Kier molecular flexibility index (Phi) is 4.76. The van der Waals surface area contributed by atoms with Gasteiger partial charge in [0.2, 0.25) is 5.91 Å². The molecule has 2 N–H and O–H groups in total. The number of rotatable bonds is 6. The van der Waals surface area contributed by atoms with E-state index in [1.807, 2.05) is 24.3 Å². The van der Waals surface area contributed by atoms with Crippen molar-refractivity contribution in [1.29, 1.82) is 0 Å². The highest BCUT2D eigenvalue weighted by molar-refractivity contribution is 5.79. The number of nitrogens with one attached hydrogen (secondary N) is 1. The number of ether oxygens (including phenoxy) is 2. The van der Waals surface area contributed by atoms with Crippen molar-refractivity contribution < 1.29 is 19.4 Å².